The molecule has 0 aliphatic carbocycles. The first-order chi connectivity index (χ1) is 11.6. The predicted molar refractivity (Wildman–Crippen MR) is 91.8 cm³/mol. The van der Waals surface area contributed by atoms with E-state index in [0.717, 1.165) is 35.6 Å². The Hall–Kier alpha value is -2.50. The van der Waals surface area contributed by atoms with Crippen molar-refractivity contribution in [1.29, 1.82) is 0 Å². The fraction of sp³-hybridized carbons (Fsp3) is 0.389. The van der Waals surface area contributed by atoms with Crippen molar-refractivity contribution in [2.75, 3.05) is 18.0 Å². The molecule has 4 rings (SSSR count). The van der Waals surface area contributed by atoms with Gasteiger partial charge in [0.1, 0.15) is 18.0 Å². The average molecular weight is 325 g/mol. The van der Waals surface area contributed by atoms with Gasteiger partial charge in [-0.1, -0.05) is 13.8 Å². The summed E-state index contributed by atoms with van der Waals surface area (Å²) in [6.07, 6.45) is 4.64. The summed E-state index contributed by atoms with van der Waals surface area (Å²) in [4.78, 5) is 11.3. The third kappa shape index (κ3) is 2.62. The van der Waals surface area contributed by atoms with E-state index >= 15 is 0 Å². The van der Waals surface area contributed by atoms with E-state index in [1.807, 2.05) is 0 Å². The molecule has 2 atom stereocenters. The second-order valence-electron chi connectivity index (χ2n) is 6.82. The molecule has 0 N–H and O–H groups in total. The Morgan fingerprint density at radius 2 is 1.75 bits per heavy atom. The summed E-state index contributed by atoms with van der Waals surface area (Å²) in [5, 5.41) is 5.39. The maximum absolute atomic E-state index is 13.2. The van der Waals surface area contributed by atoms with Crippen LogP contribution in [0.2, 0.25) is 0 Å². The summed E-state index contributed by atoms with van der Waals surface area (Å²) in [5.41, 5.74) is 1.54. The van der Waals surface area contributed by atoms with E-state index in [1.165, 1.54) is 18.6 Å². The number of anilines is 1. The number of aromatic nitrogens is 4. The molecule has 0 spiro atoms. The van der Waals surface area contributed by atoms with Crippen LogP contribution in [0.4, 0.5) is 10.2 Å². The molecule has 0 saturated carbocycles. The van der Waals surface area contributed by atoms with E-state index in [-0.39, 0.29) is 5.82 Å². The fourth-order valence-electron chi connectivity index (χ4n) is 3.69. The zero-order chi connectivity index (χ0) is 16.7. The van der Waals surface area contributed by atoms with Crippen LogP contribution in [0.15, 0.2) is 36.8 Å². The summed E-state index contributed by atoms with van der Waals surface area (Å²) in [6.45, 7) is 6.56. The highest BCUT2D eigenvalue weighted by Gasteiger charge is 2.25. The Bertz CT molecular complexity index is 847. The first-order valence-electron chi connectivity index (χ1n) is 8.31. The zero-order valence-electron chi connectivity index (χ0n) is 13.9. The van der Waals surface area contributed by atoms with Gasteiger partial charge in [-0.3, -0.25) is 0 Å². The number of nitrogens with zero attached hydrogens (tertiary/aromatic N) is 5. The lowest BCUT2D eigenvalue weighted by Crippen LogP contribution is -2.39. The molecule has 0 unspecified atom stereocenters. The molecule has 1 aliphatic heterocycles. The quantitative estimate of drug-likeness (QED) is 0.724. The minimum atomic E-state index is -0.262. The number of benzene rings is 1. The first kappa shape index (κ1) is 15.1. The van der Waals surface area contributed by atoms with Gasteiger partial charge in [0, 0.05) is 13.1 Å². The lowest BCUT2D eigenvalue weighted by molar-refractivity contribution is 0.356. The number of hydrogen-bond donors (Lipinski definition) is 0. The molecule has 6 heteroatoms. The Labute approximate surface area is 140 Å². The second-order valence-corrected chi connectivity index (χ2v) is 6.82. The maximum atomic E-state index is 13.2. The zero-order valence-corrected chi connectivity index (χ0v) is 13.9. The van der Waals surface area contributed by atoms with Crippen LogP contribution >= 0.6 is 0 Å². The Kier molecular flexibility index (Phi) is 3.67. The van der Waals surface area contributed by atoms with Crippen molar-refractivity contribution in [2.24, 2.45) is 11.8 Å². The van der Waals surface area contributed by atoms with E-state index < -0.39 is 0 Å². The minimum absolute atomic E-state index is 0.262. The van der Waals surface area contributed by atoms with Gasteiger partial charge in [-0.15, -0.1) is 0 Å². The SMILES string of the molecule is C[C@H]1C[C@H](C)CN(c2ncnc3c2cnn3-c2ccc(F)cc2)C1. The molecule has 3 aromatic rings. The Balaban J connectivity index is 1.78. The highest BCUT2D eigenvalue weighted by molar-refractivity contribution is 5.87. The summed E-state index contributed by atoms with van der Waals surface area (Å²) in [5.74, 6) is 1.96. The van der Waals surface area contributed by atoms with Gasteiger partial charge < -0.3 is 4.90 Å². The molecule has 3 heterocycles. The van der Waals surface area contributed by atoms with Crippen molar-refractivity contribution in [1.82, 2.24) is 19.7 Å². The van der Waals surface area contributed by atoms with Crippen molar-refractivity contribution in [2.45, 2.75) is 20.3 Å². The van der Waals surface area contributed by atoms with Crippen molar-refractivity contribution >= 4 is 16.9 Å². The maximum Gasteiger partial charge on any atom is 0.168 e. The molecule has 124 valence electrons. The summed E-state index contributed by atoms with van der Waals surface area (Å²) < 4.78 is 14.9. The lowest BCUT2D eigenvalue weighted by atomic mass is 9.92. The van der Waals surface area contributed by atoms with E-state index in [9.17, 15) is 4.39 Å². The molecule has 0 radical (unpaired) electrons. The molecule has 1 saturated heterocycles. The van der Waals surface area contributed by atoms with Crippen LogP contribution in [-0.4, -0.2) is 32.8 Å². The van der Waals surface area contributed by atoms with Crippen LogP contribution in [0.25, 0.3) is 16.7 Å². The van der Waals surface area contributed by atoms with Gasteiger partial charge in [-0.2, -0.15) is 5.10 Å². The number of piperidine rings is 1. The van der Waals surface area contributed by atoms with Gasteiger partial charge in [-0.05, 0) is 42.5 Å². The number of hydrogen-bond acceptors (Lipinski definition) is 4. The summed E-state index contributed by atoms with van der Waals surface area (Å²) >= 11 is 0. The number of halogens is 1. The average Bonchev–Trinajstić information content (AvgIpc) is 2.98. The first-order valence-corrected chi connectivity index (χ1v) is 8.31. The fourth-order valence-corrected chi connectivity index (χ4v) is 3.69. The van der Waals surface area contributed by atoms with Gasteiger partial charge in [0.05, 0.1) is 17.3 Å². The molecule has 5 nitrogen and oxygen atoms in total. The molecular formula is C18H20FN5. The predicted octanol–water partition coefficient (Wildman–Crippen LogP) is 3.44. The van der Waals surface area contributed by atoms with Gasteiger partial charge in [0.2, 0.25) is 0 Å². The van der Waals surface area contributed by atoms with E-state index in [2.05, 4.69) is 33.8 Å². The van der Waals surface area contributed by atoms with Crippen molar-refractivity contribution in [3.05, 3.63) is 42.6 Å². The molecule has 0 bridgehead atoms. The molecule has 2 aromatic heterocycles. The van der Waals surface area contributed by atoms with E-state index in [1.54, 1.807) is 29.3 Å². The van der Waals surface area contributed by atoms with Crippen molar-refractivity contribution in [3.63, 3.8) is 0 Å². The Morgan fingerprint density at radius 1 is 1.04 bits per heavy atom. The van der Waals surface area contributed by atoms with Crippen LogP contribution in [0, 0.1) is 17.7 Å². The van der Waals surface area contributed by atoms with Gasteiger partial charge in [0.15, 0.2) is 5.65 Å². The van der Waals surface area contributed by atoms with Gasteiger partial charge >= 0.3 is 0 Å². The molecule has 1 fully saturated rings. The highest BCUT2D eigenvalue weighted by atomic mass is 19.1. The standard InChI is InChI=1S/C18H20FN5/c1-12-7-13(2)10-23(9-12)17-16-8-22-24(18(16)21-11-20-17)15-5-3-14(19)4-6-15/h3-6,8,11-13H,7,9-10H2,1-2H3/t12-,13-/m0/s1. The third-order valence-electron chi connectivity index (χ3n) is 4.58. The molecule has 24 heavy (non-hydrogen) atoms. The molecular weight excluding hydrogens is 305 g/mol. The molecule has 1 aliphatic rings. The minimum Gasteiger partial charge on any atom is -0.355 e. The van der Waals surface area contributed by atoms with Crippen LogP contribution < -0.4 is 4.90 Å². The summed E-state index contributed by atoms with van der Waals surface area (Å²) in [7, 11) is 0. The smallest absolute Gasteiger partial charge is 0.168 e. The topological polar surface area (TPSA) is 46.8 Å². The van der Waals surface area contributed by atoms with Crippen LogP contribution in [0.1, 0.15) is 20.3 Å². The van der Waals surface area contributed by atoms with Crippen molar-refractivity contribution in [3.8, 4) is 5.69 Å². The van der Waals surface area contributed by atoms with Gasteiger partial charge in [0.25, 0.3) is 0 Å². The molecule has 0 amide bonds. The highest BCUT2D eigenvalue weighted by Crippen LogP contribution is 2.30. The van der Waals surface area contributed by atoms with Gasteiger partial charge in [-0.25, -0.2) is 19.0 Å². The van der Waals surface area contributed by atoms with E-state index in [0.29, 0.717) is 11.8 Å². The van der Waals surface area contributed by atoms with Crippen LogP contribution in [0.5, 0.6) is 0 Å². The monoisotopic (exact) mass is 325 g/mol. The van der Waals surface area contributed by atoms with Crippen molar-refractivity contribution < 1.29 is 4.39 Å². The van der Waals surface area contributed by atoms with Crippen LogP contribution in [-0.2, 0) is 0 Å². The normalized spacial score (nSPS) is 21.4. The summed E-state index contributed by atoms with van der Waals surface area (Å²) in [6, 6.07) is 6.26. The number of fused-ring (bicyclic) bond motifs is 1. The Morgan fingerprint density at radius 3 is 2.46 bits per heavy atom. The second kappa shape index (κ2) is 5.85. The van der Waals surface area contributed by atoms with E-state index in [4.69, 9.17) is 0 Å². The molecule has 1 aromatic carbocycles. The third-order valence-corrected chi connectivity index (χ3v) is 4.58. The van der Waals surface area contributed by atoms with Crippen LogP contribution in [0.3, 0.4) is 0 Å². The largest absolute Gasteiger partial charge is 0.355 e. The number of rotatable bonds is 2. The lowest BCUT2D eigenvalue weighted by Gasteiger charge is -2.35.